The molecule has 2 amide bonds. The summed E-state index contributed by atoms with van der Waals surface area (Å²) in [5.41, 5.74) is 0.513. The minimum absolute atomic E-state index is 0.0442. The molecule has 7 heteroatoms. The van der Waals surface area contributed by atoms with Crippen LogP contribution < -0.4 is 5.32 Å². The fraction of sp³-hybridized carbons (Fsp3) is 0.550. The second-order valence-electron chi connectivity index (χ2n) is 7.69. The highest BCUT2D eigenvalue weighted by Gasteiger charge is 2.48. The van der Waals surface area contributed by atoms with Gasteiger partial charge < -0.3 is 15.3 Å². The van der Waals surface area contributed by atoms with Crippen molar-refractivity contribution in [1.82, 2.24) is 4.90 Å². The molecule has 0 radical (unpaired) electrons. The topological polar surface area (TPSA) is 86.7 Å². The van der Waals surface area contributed by atoms with Crippen molar-refractivity contribution in [3.8, 4) is 0 Å². The Morgan fingerprint density at radius 2 is 1.70 bits per heavy atom. The van der Waals surface area contributed by atoms with Crippen LogP contribution in [0.4, 0.5) is 5.00 Å². The summed E-state index contributed by atoms with van der Waals surface area (Å²) in [6.45, 7) is 1.50. The molecule has 0 aromatic carbocycles. The summed E-state index contributed by atoms with van der Waals surface area (Å²) in [5, 5.41) is 14.9. The van der Waals surface area contributed by atoms with Gasteiger partial charge >= 0.3 is 5.97 Å². The Morgan fingerprint density at radius 3 is 2.33 bits per heavy atom. The summed E-state index contributed by atoms with van der Waals surface area (Å²) in [6.07, 6.45) is 8.77. The minimum Gasteiger partial charge on any atom is -0.481 e. The first-order chi connectivity index (χ1) is 13.1. The van der Waals surface area contributed by atoms with Gasteiger partial charge in [0.25, 0.3) is 5.91 Å². The van der Waals surface area contributed by atoms with Gasteiger partial charge in [0.05, 0.1) is 17.4 Å². The van der Waals surface area contributed by atoms with Crippen molar-refractivity contribution in [3.05, 3.63) is 29.2 Å². The van der Waals surface area contributed by atoms with E-state index in [-0.39, 0.29) is 23.7 Å². The number of carboxylic acids is 1. The van der Waals surface area contributed by atoms with Crippen LogP contribution in [0, 0.1) is 23.7 Å². The van der Waals surface area contributed by atoms with Gasteiger partial charge in [0.15, 0.2) is 0 Å². The third-order valence-corrected chi connectivity index (χ3v) is 6.94. The summed E-state index contributed by atoms with van der Waals surface area (Å²) in [5.74, 6) is -2.63. The quantitative estimate of drug-likeness (QED) is 0.776. The van der Waals surface area contributed by atoms with Crippen molar-refractivity contribution in [2.75, 3.05) is 18.4 Å². The Bertz CT molecular complexity index is 781. The van der Waals surface area contributed by atoms with Gasteiger partial charge in [-0.25, -0.2) is 0 Å². The lowest BCUT2D eigenvalue weighted by Crippen LogP contribution is -2.47. The maximum Gasteiger partial charge on any atom is 0.307 e. The number of hydrogen-bond donors (Lipinski definition) is 2. The van der Waals surface area contributed by atoms with Crippen LogP contribution in [-0.2, 0) is 9.59 Å². The molecule has 2 fully saturated rings. The molecule has 1 aromatic heterocycles. The van der Waals surface area contributed by atoms with Gasteiger partial charge in [-0.15, -0.1) is 11.3 Å². The molecule has 1 aliphatic heterocycles. The van der Waals surface area contributed by atoms with Gasteiger partial charge in [-0.2, -0.15) is 0 Å². The van der Waals surface area contributed by atoms with Crippen molar-refractivity contribution in [2.24, 2.45) is 23.7 Å². The summed E-state index contributed by atoms with van der Waals surface area (Å²) >= 11 is 1.32. The van der Waals surface area contributed by atoms with E-state index in [0.29, 0.717) is 10.6 Å². The lowest BCUT2D eigenvalue weighted by molar-refractivity contribution is -0.151. The van der Waals surface area contributed by atoms with E-state index in [2.05, 4.69) is 5.32 Å². The molecule has 0 spiro atoms. The molecule has 6 nitrogen and oxygen atoms in total. The zero-order chi connectivity index (χ0) is 19.0. The number of piperidine rings is 1. The van der Waals surface area contributed by atoms with Gasteiger partial charge in [-0.3, -0.25) is 14.4 Å². The van der Waals surface area contributed by atoms with E-state index in [4.69, 9.17) is 0 Å². The lowest BCUT2D eigenvalue weighted by Gasteiger charge is -2.41. The smallest absolute Gasteiger partial charge is 0.307 e. The monoisotopic (exact) mass is 388 g/mol. The number of allylic oxidation sites excluding steroid dienone is 2. The van der Waals surface area contributed by atoms with Crippen LogP contribution in [0.3, 0.4) is 0 Å². The average Bonchev–Trinajstić information content (AvgIpc) is 3.16. The largest absolute Gasteiger partial charge is 0.481 e. The summed E-state index contributed by atoms with van der Waals surface area (Å²) < 4.78 is 0. The van der Waals surface area contributed by atoms with Crippen LogP contribution in [0.15, 0.2) is 23.6 Å². The van der Waals surface area contributed by atoms with Crippen LogP contribution in [0.5, 0.6) is 0 Å². The van der Waals surface area contributed by atoms with E-state index in [0.717, 1.165) is 45.2 Å². The molecule has 4 atom stereocenters. The van der Waals surface area contributed by atoms with E-state index in [1.54, 1.807) is 11.4 Å². The highest BCUT2D eigenvalue weighted by Crippen LogP contribution is 2.45. The number of carbonyl (C=O) groups excluding carboxylic acids is 2. The van der Waals surface area contributed by atoms with E-state index < -0.39 is 17.8 Å². The van der Waals surface area contributed by atoms with Crippen LogP contribution in [0.1, 0.15) is 42.5 Å². The van der Waals surface area contributed by atoms with Crippen molar-refractivity contribution in [3.63, 3.8) is 0 Å². The third kappa shape index (κ3) is 3.40. The molecule has 5 rings (SSSR count). The number of aliphatic carboxylic acids is 1. The number of rotatable bonds is 4. The maximum atomic E-state index is 13.0. The fourth-order valence-corrected chi connectivity index (χ4v) is 5.51. The first-order valence-corrected chi connectivity index (χ1v) is 10.5. The van der Waals surface area contributed by atoms with Crippen LogP contribution in [0.25, 0.3) is 0 Å². The predicted molar refractivity (Wildman–Crippen MR) is 103 cm³/mol. The number of anilines is 1. The number of nitrogens with zero attached hydrogens (tertiary/aromatic N) is 1. The van der Waals surface area contributed by atoms with Gasteiger partial charge in [-0.05, 0) is 55.4 Å². The predicted octanol–water partition coefficient (Wildman–Crippen LogP) is 3.23. The lowest BCUT2D eigenvalue weighted by atomic mass is 9.62. The van der Waals surface area contributed by atoms with E-state index in [1.165, 1.54) is 11.3 Å². The van der Waals surface area contributed by atoms with Crippen molar-refractivity contribution < 1.29 is 19.5 Å². The second kappa shape index (κ2) is 7.46. The number of fused-ring (bicyclic) bond motifs is 2. The molecule has 2 N–H and O–H groups in total. The Hall–Kier alpha value is -2.15. The zero-order valence-electron chi connectivity index (χ0n) is 15.1. The molecule has 2 bridgehead atoms. The number of likely N-dealkylation sites (tertiary alicyclic amines) is 1. The molecule has 1 aromatic rings. The Balaban J connectivity index is 1.52. The van der Waals surface area contributed by atoms with Crippen LogP contribution in [-0.4, -0.2) is 40.9 Å². The highest BCUT2D eigenvalue weighted by atomic mass is 32.1. The summed E-state index contributed by atoms with van der Waals surface area (Å²) in [4.78, 5) is 39.4. The Kier molecular flexibility index (Phi) is 5.04. The second-order valence-corrected chi connectivity index (χ2v) is 8.60. The van der Waals surface area contributed by atoms with Gasteiger partial charge in [0, 0.05) is 13.1 Å². The van der Waals surface area contributed by atoms with E-state index in [1.807, 2.05) is 17.1 Å². The summed E-state index contributed by atoms with van der Waals surface area (Å²) in [6, 6.07) is 1.75. The molecular weight excluding hydrogens is 364 g/mol. The molecule has 144 valence electrons. The van der Waals surface area contributed by atoms with Crippen LogP contribution >= 0.6 is 11.3 Å². The van der Waals surface area contributed by atoms with Crippen molar-refractivity contribution >= 4 is 34.1 Å². The van der Waals surface area contributed by atoms with E-state index >= 15 is 0 Å². The maximum absolute atomic E-state index is 13.0. The van der Waals surface area contributed by atoms with Gasteiger partial charge in [-0.1, -0.05) is 12.2 Å². The molecule has 4 aliphatic rings. The molecule has 27 heavy (non-hydrogen) atoms. The van der Waals surface area contributed by atoms with Gasteiger partial charge in [0.2, 0.25) is 5.91 Å². The normalized spacial score (nSPS) is 29.6. The molecule has 3 aliphatic carbocycles. The van der Waals surface area contributed by atoms with Crippen molar-refractivity contribution in [1.29, 1.82) is 0 Å². The number of amides is 2. The minimum atomic E-state index is -0.912. The zero-order valence-corrected chi connectivity index (χ0v) is 15.9. The molecule has 0 unspecified atom stereocenters. The highest BCUT2D eigenvalue weighted by molar-refractivity contribution is 7.14. The number of thiophene rings is 1. The van der Waals surface area contributed by atoms with Gasteiger partial charge in [0.1, 0.15) is 5.00 Å². The Labute approximate surface area is 162 Å². The number of hydrogen-bond acceptors (Lipinski definition) is 4. The molecular formula is C20H24N2O4S. The average molecular weight is 388 g/mol. The Morgan fingerprint density at radius 1 is 1.04 bits per heavy atom. The third-order valence-electron chi connectivity index (χ3n) is 6.11. The SMILES string of the molecule is O=C(O)[C@@H]1[C@@H](C(=O)Nc2sccc2C(=O)N2CCCCC2)[C@H]2C=C[C@@H]1CC2. The van der Waals surface area contributed by atoms with Crippen LogP contribution in [0.2, 0.25) is 0 Å². The molecule has 1 saturated carbocycles. The van der Waals surface area contributed by atoms with E-state index in [9.17, 15) is 19.5 Å². The number of nitrogens with one attached hydrogen (secondary N) is 1. The standard InChI is InChI=1S/C20H24N2O4S/c23-17(15-12-4-6-13(7-5-12)16(15)20(25)26)21-18-14(8-11-27-18)19(24)22-9-2-1-3-10-22/h4,6,8,11-13,15-16H,1-3,5,7,9-10H2,(H,21,23)(H,25,26)/t12-,13+,15-,16-/m0/s1. The first kappa shape index (κ1) is 18.2. The first-order valence-electron chi connectivity index (χ1n) is 9.65. The summed E-state index contributed by atoms with van der Waals surface area (Å²) in [7, 11) is 0. The molecule has 2 heterocycles. The number of carboxylic acid groups (broad SMARTS) is 1. The number of carbonyl (C=O) groups is 3. The van der Waals surface area contributed by atoms with Crippen molar-refractivity contribution in [2.45, 2.75) is 32.1 Å². The molecule has 1 saturated heterocycles. The fourth-order valence-electron chi connectivity index (χ4n) is 4.73.